The lowest BCUT2D eigenvalue weighted by atomic mass is 10.1. The summed E-state index contributed by atoms with van der Waals surface area (Å²) in [6, 6.07) is 27.8. The number of aromatic amines is 1. The second-order valence-electron chi connectivity index (χ2n) is 7.05. The molecule has 0 atom stereocenters. The molecule has 158 valence electrons. The summed E-state index contributed by atoms with van der Waals surface area (Å²) in [7, 11) is 0. The number of H-pyrrole nitrogens is 1. The molecule has 1 aromatic heterocycles. The van der Waals surface area contributed by atoms with Gasteiger partial charge in [-0.15, -0.1) is 0 Å². The van der Waals surface area contributed by atoms with Gasteiger partial charge < -0.3 is 10.1 Å². The Kier molecular flexibility index (Phi) is 6.53. The molecule has 3 aromatic carbocycles. The number of amides is 1. The number of hydrogen-bond donors (Lipinski definition) is 2. The van der Waals surface area contributed by atoms with Crippen molar-refractivity contribution in [1.29, 1.82) is 0 Å². The molecule has 0 aliphatic heterocycles. The van der Waals surface area contributed by atoms with Gasteiger partial charge in [-0.2, -0.15) is 5.10 Å². The van der Waals surface area contributed by atoms with Crippen molar-refractivity contribution < 1.29 is 9.53 Å². The van der Waals surface area contributed by atoms with E-state index in [0.717, 1.165) is 22.4 Å². The van der Waals surface area contributed by atoms with Gasteiger partial charge in [0, 0.05) is 23.4 Å². The predicted molar refractivity (Wildman–Crippen MR) is 125 cm³/mol. The number of benzene rings is 3. The highest BCUT2D eigenvalue weighted by Gasteiger charge is 2.03. The van der Waals surface area contributed by atoms with Gasteiger partial charge >= 0.3 is 0 Å². The predicted octanol–water partition coefficient (Wildman–Crippen LogP) is 4.67. The fourth-order valence-electron chi connectivity index (χ4n) is 3.03. The minimum Gasteiger partial charge on any atom is -0.489 e. The van der Waals surface area contributed by atoms with Crippen molar-refractivity contribution in [3.8, 4) is 17.0 Å². The SMILES string of the molecule is O=C(/C=C/c1ccc(OCc2ccccc2)cc1)Nc1cccc(-c2ccc(=O)[nH]n2)c1. The zero-order valence-corrected chi connectivity index (χ0v) is 17.2. The number of rotatable bonds is 7. The maximum atomic E-state index is 12.3. The van der Waals surface area contributed by atoms with E-state index in [2.05, 4.69) is 15.5 Å². The van der Waals surface area contributed by atoms with Crippen LogP contribution < -0.4 is 15.6 Å². The first kappa shape index (κ1) is 20.8. The van der Waals surface area contributed by atoms with Crippen molar-refractivity contribution in [3.05, 3.63) is 119 Å². The summed E-state index contributed by atoms with van der Waals surface area (Å²) in [6.07, 6.45) is 3.22. The van der Waals surface area contributed by atoms with Gasteiger partial charge in [0.1, 0.15) is 12.4 Å². The molecular weight excluding hydrogens is 402 g/mol. The number of carbonyl (C=O) groups is 1. The van der Waals surface area contributed by atoms with Crippen molar-refractivity contribution in [2.45, 2.75) is 6.61 Å². The van der Waals surface area contributed by atoms with Crippen LogP contribution in [0.1, 0.15) is 11.1 Å². The smallest absolute Gasteiger partial charge is 0.264 e. The van der Waals surface area contributed by atoms with E-state index < -0.39 is 0 Å². The molecule has 0 aliphatic rings. The molecular formula is C26H21N3O3. The Hall–Kier alpha value is -4.45. The quantitative estimate of drug-likeness (QED) is 0.423. The van der Waals surface area contributed by atoms with Crippen molar-refractivity contribution in [2.75, 3.05) is 5.32 Å². The van der Waals surface area contributed by atoms with Gasteiger partial charge in [0.25, 0.3) is 5.56 Å². The van der Waals surface area contributed by atoms with Gasteiger partial charge in [0.15, 0.2) is 0 Å². The zero-order chi connectivity index (χ0) is 22.2. The molecule has 1 amide bonds. The second kappa shape index (κ2) is 10.0. The fourth-order valence-corrected chi connectivity index (χ4v) is 3.03. The first-order valence-corrected chi connectivity index (χ1v) is 10.1. The van der Waals surface area contributed by atoms with Crippen molar-refractivity contribution in [3.63, 3.8) is 0 Å². The van der Waals surface area contributed by atoms with Crippen molar-refractivity contribution in [1.82, 2.24) is 10.2 Å². The van der Waals surface area contributed by atoms with Crippen LogP contribution in [0.15, 0.2) is 102 Å². The first-order chi connectivity index (χ1) is 15.7. The summed E-state index contributed by atoms with van der Waals surface area (Å²) >= 11 is 0. The Morgan fingerprint density at radius 2 is 1.75 bits per heavy atom. The summed E-state index contributed by atoms with van der Waals surface area (Å²) < 4.78 is 5.78. The first-order valence-electron chi connectivity index (χ1n) is 10.1. The Morgan fingerprint density at radius 1 is 0.938 bits per heavy atom. The maximum Gasteiger partial charge on any atom is 0.264 e. The molecule has 0 bridgehead atoms. The largest absolute Gasteiger partial charge is 0.489 e. The van der Waals surface area contributed by atoms with E-state index >= 15 is 0 Å². The maximum absolute atomic E-state index is 12.3. The highest BCUT2D eigenvalue weighted by atomic mass is 16.5. The van der Waals surface area contributed by atoms with E-state index in [1.165, 1.54) is 12.1 Å². The average molecular weight is 423 g/mol. The van der Waals surface area contributed by atoms with Crippen LogP contribution in [0.2, 0.25) is 0 Å². The highest BCUT2D eigenvalue weighted by molar-refractivity contribution is 6.02. The molecule has 0 aliphatic carbocycles. The number of aromatic nitrogens is 2. The molecule has 0 saturated carbocycles. The van der Waals surface area contributed by atoms with E-state index in [1.54, 1.807) is 24.3 Å². The molecule has 0 fully saturated rings. The number of nitrogens with one attached hydrogen (secondary N) is 2. The van der Waals surface area contributed by atoms with Crippen LogP contribution in [0.3, 0.4) is 0 Å². The van der Waals surface area contributed by atoms with Crippen LogP contribution in [-0.2, 0) is 11.4 Å². The number of nitrogens with zero attached hydrogens (tertiary/aromatic N) is 1. The van der Waals surface area contributed by atoms with Crippen LogP contribution in [0, 0.1) is 0 Å². The second-order valence-corrected chi connectivity index (χ2v) is 7.05. The fraction of sp³-hybridized carbons (Fsp3) is 0.0385. The molecule has 0 spiro atoms. The lowest BCUT2D eigenvalue weighted by Gasteiger charge is -2.06. The molecule has 0 radical (unpaired) electrons. The number of ether oxygens (including phenoxy) is 1. The summed E-state index contributed by atoms with van der Waals surface area (Å²) in [5.41, 5.74) is 3.76. The average Bonchev–Trinajstić information content (AvgIpc) is 2.83. The minimum absolute atomic E-state index is 0.249. The van der Waals surface area contributed by atoms with Gasteiger partial charge in [-0.1, -0.05) is 54.6 Å². The Morgan fingerprint density at radius 3 is 2.50 bits per heavy atom. The molecule has 4 aromatic rings. The van der Waals surface area contributed by atoms with E-state index in [9.17, 15) is 9.59 Å². The van der Waals surface area contributed by atoms with Gasteiger partial charge in [-0.05, 0) is 47.5 Å². The normalized spacial score (nSPS) is 10.8. The highest BCUT2D eigenvalue weighted by Crippen LogP contribution is 2.20. The third-order valence-corrected chi connectivity index (χ3v) is 4.66. The molecule has 32 heavy (non-hydrogen) atoms. The van der Waals surface area contributed by atoms with Crippen LogP contribution in [0.25, 0.3) is 17.3 Å². The Balaban J connectivity index is 1.34. The standard InChI is InChI=1S/C26H21N3O3/c30-25(27-22-8-4-7-21(17-22)24-14-16-26(31)29-28-24)15-11-19-9-12-23(13-10-19)32-18-20-5-2-1-3-6-20/h1-17H,18H2,(H,27,30)(H,29,31)/b15-11+. The summed E-state index contributed by atoms with van der Waals surface area (Å²) in [6.45, 7) is 0.506. The minimum atomic E-state index is -0.265. The van der Waals surface area contributed by atoms with Crippen molar-refractivity contribution in [2.24, 2.45) is 0 Å². The molecule has 4 rings (SSSR count). The van der Waals surface area contributed by atoms with Gasteiger partial charge in [0.05, 0.1) is 5.69 Å². The van der Waals surface area contributed by atoms with E-state index in [4.69, 9.17) is 4.74 Å². The monoisotopic (exact) mass is 423 g/mol. The molecule has 0 saturated heterocycles. The van der Waals surface area contributed by atoms with Gasteiger partial charge in [-0.25, -0.2) is 5.10 Å². The van der Waals surface area contributed by atoms with Crippen LogP contribution in [-0.4, -0.2) is 16.1 Å². The van der Waals surface area contributed by atoms with Gasteiger partial charge in [0.2, 0.25) is 5.91 Å². The molecule has 0 unspecified atom stereocenters. The van der Waals surface area contributed by atoms with Crippen LogP contribution >= 0.6 is 0 Å². The third kappa shape index (κ3) is 5.79. The van der Waals surface area contributed by atoms with Gasteiger partial charge in [-0.3, -0.25) is 9.59 Å². The number of hydrogen-bond acceptors (Lipinski definition) is 4. The molecule has 1 heterocycles. The molecule has 6 heteroatoms. The van der Waals surface area contributed by atoms with E-state index in [-0.39, 0.29) is 11.5 Å². The summed E-state index contributed by atoms with van der Waals surface area (Å²) in [5, 5.41) is 9.25. The number of anilines is 1. The molecule has 6 nitrogen and oxygen atoms in total. The van der Waals surface area contributed by atoms with E-state index in [0.29, 0.717) is 18.0 Å². The third-order valence-electron chi connectivity index (χ3n) is 4.66. The summed E-state index contributed by atoms with van der Waals surface area (Å²) in [5.74, 6) is 0.518. The topological polar surface area (TPSA) is 84.1 Å². The lowest BCUT2D eigenvalue weighted by Crippen LogP contribution is -2.08. The Bertz CT molecular complexity index is 1260. The Labute approximate surface area is 185 Å². The van der Waals surface area contributed by atoms with E-state index in [1.807, 2.05) is 66.7 Å². The van der Waals surface area contributed by atoms with Crippen molar-refractivity contribution >= 4 is 17.7 Å². The lowest BCUT2D eigenvalue weighted by molar-refractivity contribution is -0.111. The summed E-state index contributed by atoms with van der Waals surface area (Å²) in [4.78, 5) is 23.5. The molecule has 2 N–H and O–H groups in total. The van der Waals surface area contributed by atoms with Crippen LogP contribution in [0.5, 0.6) is 5.75 Å². The van der Waals surface area contributed by atoms with Crippen LogP contribution in [0.4, 0.5) is 5.69 Å². The number of carbonyl (C=O) groups excluding carboxylic acids is 1. The zero-order valence-electron chi connectivity index (χ0n) is 17.2.